The molecule has 0 unspecified atom stereocenters. The highest BCUT2D eigenvalue weighted by Gasteiger charge is 2.30. The summed E-state index contributed by atoms with van der Waals surface area (Å²) in [6.45, 7) is 9.05. The number of fused-ring (bicyclic) bond motifs is 1. The summed E-state index contributed by atoms with van der Waals surface area (Å²) >= 11 is 7.50. The number of amides is 1. The fourth-order valence-electron chi connectivity index (χ4n) is 4.73. The first kappa shape index (κ1) is 22.6. The van der Waals surface area contributed by atoms with Crippen LogP contribution < -0.4 is 5.56 Å². The van der Waals surface area contributed by atoms with Crippen LogP contribution in [0.5, 0.6) is 0 Å². The van der Waals surface area contributed by atoms with Gasteiger partial charge in [0.2, 0.25) is 5.91 Å². The van der Waals surface area contributed by atoms with Crippen molar-refractivity contribution < 1.29 is 9.53 Å². The fourth-order valence-corrected chi connectivity index (χ4v) is 5.89. The van der Waals surface area contributed by atoms with Crippen molar-refractivity contribution >= 4 is 40.2 Å². The Morgan fingerprint density at radius 2 is 2.06 bits per heavy atom. The molecule has 3 heterocycles. The Kier molecular flexibility index (Phi) is 6.94. The summed E-state index contributed by atoms with van der Waals surface area (Å²) < 4.78 is 7.46. The predicted octanol–water partition coefficient (Wildman–Crippen LogP) is 4.21. The molecular formula is C23H30ClN3O3S. The number of likely N-dealkylation sites (tertiary alicyclic amines) is 1. The Hall–Kier alpha value is -1.57. The first-order valence-corrected chi connectivity index (χ1v) is 12.3. The first-order valence-electron chi connectivity index (χ1n) is 11.1. The van der Waals surface area contributed by atoms with E-state index >= 15 is 0 Å². The summed E-state index contributed by atoms with van der Waals surface area (Å²) in [4.78, 5) is 33.2. The highest BCUT2D eigenvalue weighted by molar-refractivity contribution is 8.00. The van der Waals surface area contributed by atoms with Crippen molar-refractivity contribution in [1.29, 1.82) is 0 Å². The van der Waals surface area contributed by atoms with Gasteiger partial charge in [-0.3, -0.25) is 14.2 Å². The third-order valence-corrected chi connectivity index (χ3v) is 7.42. The van der Waals surface area contributed by atoms with Gasteiger partial charge in [0.05, 0.1) is 28.8 Å². The van der Waals surface area contributed by atoms with Gasteiger partial charge >= 0.3 is 0 Å². The average molecular weight is 464 g/mol. The third kappa shape index (κ3) is 5.10. The van der Waals surface area contributed by atoms with Crippen LogP contribution in [0.15, 0.2) is 28.2 Å². The minimum absolute atomic E-state index is 0.00148. The lowest BCUT2D eigenvalue weighted by Gasteiger charge is -2.36. The van der Waals surface area contributed by atoms with Crippen LogP contribution in [-0.2, 0) is 16.1 Å². The minimum atomic E-state index is -0.336. The molecule has 0 spiro atoms. The molecule has 31 heavy (non-hydrogen) atoms. The van der Waals surface area contributed by atoms with E-state index in [2.05, 4.69) is 13.8 Å². The van der Waals surface area contributed by atoms with Gasteiger partial charge in [-0.2, -0.15) is 0 Å². The van der Waals surface area contributed by atoms with Crippen LogP contribution in [0.2, 0.25) is 5.02 Å². The lowest BCUT2D eigenvalue weighted by Crippen LogP contribution is -2.45. The number of hydrogen-bond acceptors (Lipinski definition) is 5. The molecule has 0 N–H and O–H groups in total. The molecule has 4 rings (SSSR count). The summed E-state index contributed by atoms with van der Waals surface area (Å²) in [7, 11) is 0. The van der Waals surface area contributed by atoms with Gasteiger partial charge in [-0.1, -0.05) is 37.2 Å². The monoisotopic (exact) mass is 463 g/mol. The van der Waals surface area contributed by atoms with Gasteiger partial charge in [0, 0.05) is 24.7 Å². The van der Waals surface area contributed by atoms with Crippen molar-refractivity contribution in [3.05, 3.63) is 33.6 Å². The van der Waals surface area contributed by atoms with Crippen LogP contribution in [-0.4, -0.2) is 51.4 Å². The van der Waals surface area contributed by atoms with Crippen molar-refractivity contribution in [2.24, 2.45) is 11.8 Å². The normalized spacial score (nSPS) is 25.2. The van der Waals surface area contributed by atoms with Gasteiger partial charge in [-0.05, 0) is 56.2 Å². The van der Waals surface area contributed by atoms with E-state index in [0.717, 1.165) is 39.0 Å². The molecule has 2 saturated heterocycles. The molecule has 0 radical (unpaired) electrons. The number of aromatic nitrogens is 2. The predicted molar refractivity (Wildman–Crippen MR) is 125 cm³/mol. The van der Waals surface area contributed by atoms with E-state index in [1.165, 1.54) is 11.8 Å². The lowest BCUT2D eigenvalue weighted by atomic mass is 9.92. The van der Waals surface area contributed by atoms with Gasteiger partial charge in [0.1, 0.15) is 0 Å². The van der Waals surface area contributed by atoms with E-state index < -0.39 is 0 Å². The maximum Gasteiger partial charge on any atom is 0.262 e. The maximum absolute atomic E-state index is 13.3. The van der Waals surface area contributed by atoms with E-state index in [4.69, 9.17) is 21.3 Å². The van der Waals surface area contributed by atoms with Gasteiger partial charge in [-0.15, -0.1) is 0 Å². The quantitative estimate of drug-likeness (QED) is 0.490. The van der Waals surface area contributed by atoms with Crippen LogP contribution in [0, 0.1) is 11.8 Å². The van der Waals surface area contributed by atoms with E-state index in [9.17, 15) is 9.59 Å². The van der Waals surface area contributed by atoms with Crippen LogP contribution in [0.25, 0.3) is 10.9 Å². The van der Waals surface area contributed by atoms with E-state index in [0.29, 0.717) is 39.5 Å². The molecule has 168 valence electrons. The number of thioether (sulfide) groups is 1. The number of carbonyl (C=O) groups excluding carboxylic acids is 1. The summed E-state index contributed by atoms with van der Waals surface area (Å²) in [5.74, 6) is 1.11. The molecular weight excluding hydrogens is 434 g/mol. The van der Waals surface area contributed by atoms with Gasteiger partial charge < -0.3 is 9.64 Å². The zero-order valence-electron chi connectivity index (χ0n) is 18.3. The first-order chi connectivity index (χ1) is 14.8. The number of rotatable bonds is 5. The van der Waals surface area contributed by atoms with Crippen LogP contribution in [0.4, 0.5) is 0 Å². The lowest BCUT2D eigenvalue weighted by molar-refractivity contribution is -0.132. The standard InChI is InChI=1S/C23H30ClN3O3S/c1-14-9-15(2)12-26(11-14)21(28)16(3)31-23-25-20-10-17(24)6-7-19(20)22(29)27(23)13-18-5-4-8-30-18/h6-7,10,14-16,18H,4-5,8-9,11-13H2,1-3H3/t14-,15+,16-,18+/m1/s1. The Balaban J connectivity index is 1.64. The molecule has 8 heteroatoms. The molecule has 4 atom stereocenters. The fraction of sp³-hybridized carbons (Fsp3) is 0.609. The van der Waals surface area contributed by atoms with Crippen molar-refractivity contribution in [2.45, 2.75) is 63.1 Å². The zero-order valence-corrected chi connectivity index (χ0v) is 19.9. The molecule has 1 amide bonds. The van der Waals surface area contributed by atoms with E-state index in [1.807, 2.05) is 11.8 Å². The Labute approximate surface area is 192 Å². The molecule has 0 bridgehead atoms. The van der Waals surface area contributed by atoms with Crippen LogP contribution in [0.1, 0.15) is 40.0 Å². The smallest absolute Gasteiger partial charge is 0.262 e. The van der Waals surface area contributed by atoms with E-state index in [-0.39, 0.29) is 22.8 Å². The largest absolute Gasteiger partial charge is 0.376 e. The molecule has 0 aliphatic carbocycles. The number of piperidine rings is 1. The van der Waals surface area contributed by atoms with Crippen LogP contribution in [0.3, 0.4) is 0 Å². The second-order valence-corrected chi connectivity index (χ2v) is 10.8. The zero-order chi connectivity index (χ0) is 22.1. The molecule has 0 saturated carbocycles. The van der Waals surface area contributed by atoms with Crippen LogP contribution >= 0.6 is 23.4 Å². The summed E-state index contributed by atoms with van der Waals surface area (Å²) in [5, 5.41) is 1.28. The molecule has 2 aliphatic heterocycles. The summed E-state index contributed by atoms with van der Waals surface area (Å²) in [6.07, 6.45) is 3.07. The van der Waals surface area contributed by atoms with Gasteiger partial charge in [-0.25, -0.2) is 4.98 Å². The molecule has 1 aromatic carbocycles. The highest BCUT2D eigenvalue weighted by Crippen LogP contribution is 2.28. The molecule has 2 aliphatic rings. The van der Waals surface area contributed by atoms with Crippen molar-refractivity contribution in [3.63, 3.8) is 0 Å². The molecule has 6 nitrogen and oxygen atoms in total. The summed E-state index contributed by atoms with van der Waals surface area (Å²) in [5.41, 5.74) is 0.447. The number of halogens is 1. The topological polar surface area (TPSA) is 64.4 Å². The number of ether oxygens (including phenoxy) is 1. The maximum atomic E-state index is 13.3. The summed E-state index contributed by atoms with van der Waals surface area (Å²) in [6, 6.07) is 5.14. The van der Waals surface area contributed by atoms with Gasteiger partial charge in [0.15, 0.2) is 5.16 Å². The van der Waals surface area contributed by atoms with Crippen molar-refractivity contribution in [1.82, 2.24) is 14.5 Å². The third-order valence-electron chi connectivity index (χ3n) is 6.10. The van der Waals surface area contributed by atoms with Crippen molar-refractivity contribution in [3.8, 4) is 0 Å². The number of carbonyl (C=O) groups is 1. The second kappa shape index (κ2) is 9.51. The molecule has 1 aromatic heterocycles. The van der Waals surface area contributed by atoms with E-state index in [1.54, 1.807) is 22.8 Å². The highest BCUT2D eigenvalue weighted by atomic mass is 35.5. The minimum Gasteiger partial charge on any atom is -0.376 e. The molecule has 2 aromatic rings. The Morgan fingerprint density at radius 3 is 2.74 bits per heavy atom. The number of nitrogens with zero attached hydrogens (tertiary/aromatic N) is 3. The number of benzene rings is 1. The number of hydrogen-bond donors (Lipinski definition) is 0. The van der Waals surface area contributed by atoms with Crippen molar-refractivity contribution in [2.75, 3.05) is 19.7 Å². The average Bonchev–Trinajstić information content (AvgIpc) is 3.22. The van der Waals surface area contributed by atoms with Gasteiger partial charge in [0.25, 0.3) is 5.56 Å². The molecule has 2 fully saturated rings. The Bertz CT molecular complexity index is 1010. The Morgan fingerprint density at radius 1 is 1.32 bits per heavy atom. The SMILES string of the molecule is C[C@@H]1C[C@H](C)CN(C(=O)[C@@H](C)Sc2nc3cc(Cl)ccc3c(=O)n2C[C@@H]2CCCO2)C1. The second-order valence-electron chi connectivity index (χ2n) is 9.06.